The Labute approximate surface area is 287 Å². The summed E-state index contributed by atoms with van der Waals surface area (Å²) in [6.07, 6.45) is 3.63. The molecule has 0 unspecified atom stereocenters. The number of ether oxygens (including phenoxy) is 1. The molecule has 0 saturated carbocycles. The fourth-order valence-electron chi connectivity index (χ4n) is 5.71. The van der Waals surface area contributed by atoms with Crippen LogP contribution in [0.3, 0.4) is 0 Å². The van der Waals surface area contributed by atoms with E-state index in [1.807, 2.05) is 34.9 Å². The van der Waals surface area contributed by atoms with Gasteiger partial charge < -0.3 is 4.74 Å². The van der Waals surface area contributed by atoms with Crippen molar-refractivity contribution in [3.63, 3.8) is 0 Å². The minimum Gasteiger partial charge on any atom is -0.487 e. The Balaban J connectivity index is 1.39. The van der Waals surface area contributed by atoms with Crippen molar-refractivity contribution in [2.45, 2.75) is 25.5 Å². The van der Waals surface area contributed by atoms with Crippen molar-refractivity contribution >= 4 is 84.2 Å². The first kappa shape index (κ1) is 29.1. The van der Waals surface area contributed by atoms with E-state index in [4.69, 9.17) is 9.73 Å². The smallest absolute Gasteiger partial charge is 0.271 e. The van der Waals surface area contributed by atoms with Crippen molar-refractivity contribution in [2.75, 3.05) is 0 Å². The average Bonchev–Trinajstić information content (AvgIpc) is 3.31. The van der Waals surface area contributed by atoms with Gasteiger partial charge in [0.1, 0.15) is 18.2 Å². The summed E-state index contributed by atoms with van der Waals surface area (Å²) in [4.78, 5) is 20.0. The van der Waals surface area contributed by atoms with Crippen LogP contribution in [0.5, 0.6) is 5.75 Å². The first-order valence-corrected chi connectivity index (χ1v) is 17.4. The average molecular weight is 875 g/mol. The lowest BCUT2D eigenvalue weighted by molar-refractivity contribution is 0.297. The number of thiazole rings is 1. The second-order valence-electron chi connectivity index (χ2n) is 10.4. The third-order valence-corrected chi connectivity index (χ3v) is 10.6. The van der Waals surface area contributed by atoms with Crippen LogP contribution in [0.25, 0.3) is 11.8 Å². The highest BCUT2D eigenvalue weighted by Gasteiger charge is 2.32. The number of nitrogens with zero attached hydrogens (tertiary/aromatic N) is 2. The molecule has 0 fully saturated rings. The molecular weight excluding hydrogens is 853 g/mol. The topological polar surface area (TPSA) is 43.6 Å². The van der Waals surface area contributed by atoms with Gasteiger partial charge in [0, 0.05) is 24.7 Å². The van der Waals surface area contributed by atoms with Crippen LogP contribution in [0.2, 0.25) is 0 Å². The first-order valence-electron chi connectivity index (χ1n) is 13.6. The third kappa shape index (κ3) is 5.57. The summed E-state index contributed by atoms with van der Waals surface area (Å²) in [6, 6.07) is 27.0. The number of aromatic nitrogens is 1. The normalized spacial score (nSPS) is 15.9. The zero-order chi connectivity index (χ0) is 29.7. The highest BCUT2D eigenvalue weighted by atomic mass is 127. The molecule has 214 valence electrons. The first-order chi connectivity index (χ1) is 20.9. The molecular formula is C34H22BrFI2N2O2S. The highest BCUT2D eigenvalue weighted by Crippen LogP contribution is 2.41. The van der Waals surface area contributed by atoms with Gasteiger partial charge in [-0.25, -0.2) is 9.38 Å². The Kier molecular flexibility index (Phi) is 8.17. The molecule has 4 nitrogen and oxygen atoms in total. The Morgan fingerprint density at radius 2 is 1.79 bits per heavy atom. The van der Waals surface area contributed by atoms with Gasteiger partial charge in [-0.15, -0.1) is 0 Å². The molecule has 0 N–H and O–H groups in total. The van der Waals surface area contributed by atoms with Gasteiger partial charge in [-0.1, -0.05) is 81.9 Å². The molecule has 4 aromatic carbocycles. The van der Waals surface area contributed by atoms with E-state index >= 15 is 0 Å². The van der Waals surface area contributed by atoms with E-state index in [9.17, 15) is 9.18 Å². The zero-order valence-corrected chi connectivity index (χ0v) is 29.2. The maximum Gasteiger partial charge on any atom is 0.271 e. The van der Waals surface area contributed by atoms with Crippen molar-refractivity contribution in [1.29, 1.82) is 0 Å². The zero-order valence-electron chi connectivity index (χ0n) is 22.5. The van der Waals surface area contributed by atoms with Crippen molar-refractivity contribution in [2.24, 2.45) is 4.99 Å². The number of hydrogen-bond donors (Lipinski definition) is 0. The Morgan fingerprint density at radius 1 is 1.02 bits per heavy atom. The van der Waals surface area contributed by atoms with E-state index in [0.717, 1.165) is 52.4 Å². The number of allylic oxidation sites excluding steroid dienone is 1. The van der Waals surface area contributed by atoms with Crippen LogP contribution in [-0.4, -0.2) is 4.57 Å². The number of fused-ring (bicyclic) bond motifs is 3. The lowest BCUT2D eigenvalue weighted by Crippen LogP contribution is -2.38. The summed E-state index contributed by atoms with van der Waals surface area (Å²) in [7, 11) is 0. The molecule has 0 spiro atoms. The van der Waals surface area contributed by atoms with Gasteiger partial charge >= 0.3 is 0 Å². The van der Waals surface area contributed by atoms with Gasteiger partial charge in [-0.2, -0.15) is 0 Å². The fourth-order valence-corrected chi connectivity index (χ4v) is 9.02. The van der Waals surface area contributed by atoms with E-state index in [-0.39, 0.29) is 24.0 Å². The minimum atomic E-state index is -0.309. The minimum absolute atomic E-state index is 0.0844. The predicted molar refractivity (Wildman–Crippen MR) is 189 cm³/mol. The molecule has 9 heteroatoms. The summed E-state index contributed by atoms with van der Waals surface area (Å²) < 4.78 is 25.9. The molecule has 43 heavy (non-hydrogen) atoms. The molecule has 0 bridgehead atoms. The van der Waals surface area contributed by atoms with Gasteiger partial charge in [-0.3, -0.25) is 9.36 Å². The second-order valence-corrected chi connectivity index (χ2v) is 14.7. The quantitative estimate of drug-likeness (QED) is 0.168. The largest absolute Gasteiger partial charge is 0.487 e. The van der Waals surface area contributed by atoms with Crippen LogP contribution in [-0.2, 0) is 13.0 Å². The molecule has 1 aliphatic heterocycles. The van der Waals surface area contributed by atoms with E-state index in [2.05, 4.69) is 97.5 Å². The van der Waals surface area contributed by atoms with E-state index in [0.29, 0.717) is 20.6 Å². The van der Waals surface area contributed by atoms with Gasteiger partial charge in [0.25, 0.3) is 5.56 Å². The number of halogens is 4. The Hall–Kier alpha value is -2.61. The SMILES string of the molecule is O=c1/c(=C\c2cc(I)cc(I)c2OCc2ccccc2F)sc2n1[C@H](c1ccc(Br)cc1)C1=C(N=2)c2ccccc2CC1. The van der Waals surface area contributed by atoms with Crippen molar-refractivity contribution in [3.05, 3.63) is 155 Å². The van der Waals surface area contributed by atoms with E-state index < -0.39 is 0 Å². The van der Waals surface area contributed by atoms with E-state index in [1.54, 1.807) is 18.2 Å². The van der Waals surface area contributed by atoms with Crippen LogP contribution < -0.4 is 19.6 Å². The van der Waals surface area contributed by atoms with Crippen molar-refractivity contribution in [3.8, 4) is 5.75 Å². The summed E-state index contributed by atoms with van der Waals surface area (Å²) >= 11 is 9.45. The van der Waals surface area contributed by atoms with Gasteiger partial charge in [0.05, 0.1) is 19.8 Å². The summed E-state index contributed by atoms with van der Waals surface area (Å²) in [5, 5.41) is 0. The van der Waals surface area contributed by atoms with Crippen LogP contribution in [0.1, 0.15) is 40.3 Å². The van der Waals surface area contributed by atoms with Crippen molar-refractivity contribution in [1.82, 2.24) is 4.57 Å². The van der Waals surface area contributed by atoms with Crippen LogP contribution in [0, 0.1) is 13.0 Å². The third-order valence-electron chi connectivity index (χ3n) is 7.71. The number of benzene rings is 4. The molecule has 1 atom stereocenters. The van der Waals surface area contributed by atoms with Crippen LogP contribution in [0.15, 0.2) is 105 Å². The van der Waals surface area contributed by atoms with Crippen molar-refractivity contribution < 1.29 is 9.13 Å². The van der Waals surface area contributed by atoms with Gasteiger partial charge in [-0.05, 0) is 111 Å². The monoisotopic (exact) mass is 874 g/mol. The second kappa shape index (κ2) is 12.1. The highest BCUT2D eigenvalue weighted by molar-refractivity contribution is 14.1. The predicted octanol–water partition coefficient (Wildman–Crippen LogP) is 8.01. The van der Waals surface area contributed by atoms with E-state index in [1.165, 1.54) is 23.0 Å². The fraction of sp³-hybridized carbons (Fsp3) is 0.118. The lowest BCUT2D eigenvalue weighted by atomic mass is 9.83. The maximum atomic E-state index is 14.4. The summed E-state index contributed by atoms with van der Waals surface area (Å²) in [5.41, 5.74) is 6.77. The van der Waals surface area contributed by atoms with Crippen LogP contribution in [0.4, 0.5) is 4.39 Å². The Bertz CT molecular complexity index is 2120. The standard InChI is InChI=1S/C34H22BrFI2N2O2S/c35-23-12-9-20(10-13-23)31-26-14-11-19-5-1-3-7-25(19)30(26)39-34-40(31)33(41)29(43-34)16-22-15-24(37)17-28(38)32(22)42-18-21-6-2-4-8-27(21)36/h1-10,12-13,15-17,31H,11,14,18H2/b29-16+/t31-/m1/s1. The molecule has 0 radical (unpaired) electrons. The molecule has 0 saturated heterocycles. The Morgan fingerprint density at radius 3 is 2.60 bits per heavy atom. The molecule has 1 aromatic heterocycles. The molecule has 2 heterocycles. The summed E-state index contributed by atoms with van der Waals surface area (Å²) in [6.45, 7) is 0.0844. The number of rotatable bonds is 5. The van der Waals surface area contributed by atoms with Crippen LogP contribution >= 0.6 is 72.4 Å². The lowest BCUT2D eigenvalue weighted by Gasteiger charge is -2.30. The molecule has 2 aliphatic rings. The molecule has 5 aromatic rings. The molecule has 1 aliphatic carbocycles. The maximum absolute atomic E-state index is 14.4. The summed E-state index contributed by atoms with van der Waals surface area (Å²) in [5.74, 6) is 0.309. The number of hydrogen-bond acceptors (Lipinski definition) is 4. The van der Waals surface area contributed by atoms with Gasteiger partial charge in [0.2, 0.25) is 0 Å². The van der Waals surface area contributed by atoms with Gasteiger partial charge in [0.15, 0.2) is 4.80 Å². The molecule has 0 amide bonds. The number of aryl methyl sites for hydroxylation is 1. The molecule has 7 rings (SSSR count).